The van der Waals surface area contributed by atoms with E-state index in [2.05, 4.69) is 32.0 Å². The number of benzene rings is 1. The summed E-state index contributed by atoms with van der Waals surface area (Å²) in [5, 5.41) is 6.66. The summed E-state index contributed by atoms with van der Waals surface area (Å²) in [5.74, 6) is 0.813. The summed E-state index contributed by atoms with van der Waals surface area (Å²) in [5.41, 5.74) is 1.55. The van der Waals surface area contributed by atoms with E-state index in [-0.39, 0.29) is 16.0 Å². The van der Waals surface area contributed by atoms with Gasteiger partial charge in [0.25, 0.3) is 5.56 Å². The SMILES string of the molecule is CCCCCCCCCCCCCCCc1c(S(=O)(=O)N2CCN(C)CC2)ccc(OCC)c1-c1nc2cn[nH]c2c(=O)[nH]1. The van der Waals surface area contributed by atoms with E-state index in [1.165, 1.54) is 70.4 Å². The van der Waals surface area contributed by atoms with Crippen molar-refractivity contribution < 1.29 is 13.2 Å². The Morgan fingerprint density at radius 1 is 0.864 bits per heavy atom. The number of hydrogen-bond acceptors (Lipinski definition) is 7. The first-order valence-electron chi connectivity index (χ1n) is 16.8. The summed E-state index contributed by atoms with van der Waals surface area (Å²) in [4.78, 5) is 22.9. The lowest BCUT2D eigenvalue weighted by atomic mass is 9.98. The van der Waals surface area contributed by atoms with Crippen LogP contribution in [-0.4, -0.2) is 77.6 Å². The maximum Gasteiger partial charge on any atom is 0.277 e. The molecule has 0 atom stereocenters. The van der Waals surface area contributed by atoms with Gasteiger partial charge in [-0.2, -0.15) is 9.40 Å². The molecule has 244 valence electrons. The number of H-pyrrole nitrogens is 2. The van der Waals surface area contributed by atoms with Gasteiger partial charge in [-0.25, -0.2) is 13.4 Å². The van der Waals surface area contributed by atoms with Crippen LogP contribution in [0.3, 0.4) is 0 Å². The van der Waals surface area contributed by atoms with Crippen LogP contribution in [0.4, 0.5) is 0 Å². The fraction of sp³-hybridized carbons (Fsp3) is 0.667. The van der Waals surface area contributed by atoms with E-state index in [0.717, 1.165) is 19.3 Å². The van der Waals surface area contributed by atoms with Crippen molar-refractivity contribution >= 4 is 21.1 Å². The Morgan fingerprint density at radius 3 is 2.09 bits per heavy atom. The number of rotatable bonds is 19. The zero-order chi connectivity index (χ0) is 31.4. The highest BCUT2D eigenvalue weighted by atomic mass is 32.2. The van der Waals surface area contributed by atoms with Crippen LogP contribution < -0.4 is 10.3 Å². The number of ether oxygens (including phenoxy) is 1. The molecule has 1 aliphatic rings. The molecule has 0 aliphatic carbocycles. The van der Waals surface area contributed by atoms with Gasteiger partial charge in [-0.1, -0.05) is 84.0 Å². The summed E-state index contributed by atoms with van der Waals surface area (Å²) < 4.78 is 35.8. The standard InChI is InChI=1S/C33H52N6O4S/c1-4-6-7-8-9-10-11-12-13-14-15-16-17-18-26-29(44(41,42)39-23-21-38(3)22-24-39)20-19-28(43-5-2)30(26)32-35-27-25-34-37-31(27)33(40)36-32/h19-20,25H,4-18,21-24H2,1-3H3,(H,34,37)(H,35,36,40). The van der Waals surface area contributed by atoms with Crippen LogP contribution in [0.2, 0.25) is 0 Å². The van der Waals surface area contributed by atoms with E-state index in [9.17, 15) is 13.2 Å². The predicted octanol–water partition coefficient (Wildman–Crippen LogP) is 6.28. The first kappa shape index (κ1) is 34.1. The largest absolute Gasteiger partial charge is 0.493 e. The van der Waals surface area contributed by atoms with Crippen molar-refractivity contribution in [1.29, 1.82) is 0 Å². The molecule has 44 heavy (non-hydrogen) atoms. The van der Waals surface area contributed by atoms with E-state index in [1.54, 1.807) is 16.4 Å². The Bertz CT molecular complexity index is 1480. The van der Waals surface area contributed by atoms with Gasteiger partial charge < -0.3 is 14.6 Å². The molecule has 1 aliphatic heterocycles. The third kappa shape index (κ3) is 8.91. The zero-order valence-electron chi connectivity index (χ0n) is 27.0. The Labute approximate surface area is 263 Å². The molecule has 11 heteroatoms. The fourth-order valence-corrected chi connectivity index (χ4v) is 7.77. The van der Waals surface area contributed by atoms with Gasteiger partial charge in [-0.3, -0.25) is 9.89 Å². The Hall–Kier alpha value is -2.76. The van der Waals surface area contributed by atoms with Gasteiger partial charge in [-0.15, -0.1) is 0 Å². The topological polar surface area (TPSA) is 124 Å². The number of unbranched alkanes of at least 4 members (excludes halogenated alkanes) is 12. The number of nitrogens with one attached hydrogen (secondary N) is 2. The van der Waals surface area contributed by atoms with Gasteiger partial charge in [0.2, 0.25) is 10.0 Å². The number of aromatic nitrogens is 4. The minimum Gasteiger partial charge on any atom is -0.493 e. The van der Waals surface area contributed by atoms with Crippen molar-refractivity contribution in [2.45, 2.75) is 109 Å². The molecule has 0 bridgehead atoms. The van der Waals surface area contributed by atoms with Crippen LogP contribution in [0.1, 0.15) is 103 Å². The lowest BCUT2D eigenvalue weighted by Gasteiger charge is -2.32. The van der Waals surface area contributed by atoms with Crippen molar-refractivity contribution in [3.8, 4) is 17.1 Å². The van der Waals surface area contributed by atoms with Gasteiger partial charge in [-0.05, 0) is 44.5 Å². The molecule has 2 aromatic heterocycles. The van der Waals surface area contributed by atoms with Crippen molar-refractivity contribution in [2.75, 3.05) is 39.8 Å². The van der Waals surface area contributed by atoms with Crippen LogP contribution >= 0.6 is 0 Å². The summed E-state index contributed by atoms with van der Waals surface area (Å²) >= 11 is 0. The molecule has 4 rings (SSSR count). The van der Waals surface area contributed by atoms with Crippen LogP contribution in [-0.2, 0) is 16.4 Å². The van der Waals surface area contributed by atoms with E-state index in [0.29, 0.717) is 67.4 Å². The number of aromatic amines is 2. The van der Waals surface area contributed by atoms with Crippen molar-refractivity contribution in [2.24, 2.45) is 0 Å². The molecule has 1 fully saturated rings. The van der Waals surface area contributed by atoms with E-state index in [1.807, 2.05) is 14.0 Å². The lowest BCUT2D eigenvalue weighted by molar-refractivity contribution is 0.222. The average molecular weight is 629 g/mol. The van der Waals surface area contributed by atoms with Crippen LogP contribution in [0.25, 0.3) is 22.4 Å². The second-order valence-corrected chi connectivity index (χ2v) is 14.0. The number of hydrogen-bond donors (Lipinski definition) is 2. The molecule has 3 aromatic rings. The molecular formula is C33H52N6O4S. The fourth-order valence-electron chi connectivity index (χ4n) is 6.09. The highest BCUT2D eigenvalue weighted by molar-refractivity contribution is 7.89. The van der Waals surface area contributed by atoms with Gasteiger partial charge in [0, 0.05) is 26.2 Å². The van der Waals surface area contributed by atoms with Gasteiger partial charge in [0.05, 0.1) is 23.3 Å². The van der Waals surface area contributed by atoms with Crippen LogP contribution in [0.5, 0.6) is 5.75 Å². The quantitative estimate of drug-likeness (QED) is 0.150. The van der Waals surface area contributed by atoms with Crippen LogP contribution in [0, 0.1) is 0 Å². The molecule has 0 radical (unpaired) electrons. The molecule has 1 saturated heterocycles. The first-order chi connectivity index (χ1) is 21.4. The Kier molecular flexibility index (Phi) is 13.2. The molecule has 0 spiro atoms. The highest BCUT2D eigenvalue weighted by Gasteiger charge is 2.32. The van der Waals surface area contributed by atoms with Crippen LogP contribution in [0.15, 0.2) is 28.0 Å². The molecule has 2 N–H and O–H groups in total. The minimum atomic E-state index is -3.78. The number of nitrogens with zero attached hydrogens (tertiary/aromatic N) is 4. The maximum atomic E-state index is 14.1. The molecule has 0 amide bonds. The lowest BCUT2D eigenvalue weighted by Crippen LogP contribution is -2.47. The van der Waals surface area contributed by atoms with Crippen molar-refractivity contribution in [1.82, 2.24) is 29.4 Å². The Morgan fingerprint density at radius 2 is 1.48 bits per heavy atom. The highest BCUT2D eigenvalue weighted by Crippen LogP contribution is 2.38. The predicted molar refractivity (Wildman–Crippen MR) is 177 cm³/mol. The molecular weight excluding hydrogens is 576 g/mol. The number of piperazine rings is 1. The first-order valence-corrected chi connectivity index (χ1v) is 18.2. The number of sulfonamides is 1. The smallest absolute Gasteiger partial charge is 0.277 e. The molecule has 3 heterocycles. The molecule has 10 nitrogen and oxygen atoms in total. The normalized spacial score (nSPS) is 14.9. The zero-order valence-corrected chi connectivity index (χ0v) is 27.8. The monoisotopic (exact) mass is 628 g/mol. The summed E-state index contributed by atoms with van der Waals surface area (Å²) in [6.07, 6.45) is 18.2. The maximum absolute atomic E-state index is 14.1. The minimum absolute atomic E-state index is 0.273. The molecule has 0 unspecified atom stereocenters. The van der Waals surface area contributed by atoms with E-state index >= 15 is 0 Å². The van der Waals surface area contributed by atoms with E-state index < -0.39 is 10.0 Å². The summed E-state index contributed by atoms with van der Waals surface area (Å²) in [6, 6.07) is 3.38. The average Bonchev–Trinajstić information content (AvgIpc) is 3.49. The number of fused-ring (bicyclic) bond motifs is 1. The second kappa shape index (κ2) is 17.1. The van der Waals surface area contributed by atoms with Crippen molar-refractivity contribution in [3.05, 3.63) is 34.2 Å². The van der Waals surface area contributed by atoms with Gasteiger partial charge in [0.1, 0.15) is 22.6 Å². The molecule has 0 saturated carbocycles. The van der Waals surface area contributed by atoms with Gasteiger partial charge >= 0.3 is 0 Å². The second-order valence-electron chi connectivity index (χ2n) is 12.1. The van der Waals surface area contributed by atoms with Gasteiger partial charge in [0.15, 0.2) is 0 Å². The summed E-state index contributed by atoms with van der Waals surface area (Å²) in [6.45, 7) is 6.79. The van der Waals surface area contributed by atoms with Crippen molar-refractivity contribution in [3.63, 3.8) is 0 Å². The Balaban J connectivity index is 1.52. The third-order valence-electron chi connectivity index (χ3n) is 8.69. The molecule has 1 aromatic carbocycles. The van der Waals surface area contributed by atoms with E-state index in [4.69, 9.17) is 4.74 Å². The number of likely N-dealkylation sites (N-methyl/N-ethyl adjacent to an activating group) is 1. The summed E-state index contributed by atoms with van der Waals surface area (Å²) in [7, 11) is -1.77. The third-order valence-corrected chi connectivity index (χ3v) is 10.7.